The second-order valence-electron chi connectivity index (χ2n) is 2.96. The van der Waals surface area contributed by atoms with E-state index < -0.39 is 5.97 Å². The average molecular weight is 238 g/mol. The minimum Gasteiger partial charge on any atom is -0.503 e. The Hall–Kier alpha value is -1.42. The molecule has 0 amide bonds. The summed E-state index contributed by atoms with van der Waals surface area (Å²) in [6.45, 7) is 0. The normalized spacial score (nSPS) is 11.1. The van der Waals surface area contributed by atoms with Crippen molar-refractivity contribution in [1.29, 1.82) is 0 Å². The number of rotatable bonds is 4. The van der Waals surface area contributed by atoms with E-state index in [0.717, 1.165) is 10.5 Å². The van der Waals surface area contributed by atoms with Crippen molar-refractivity contribution in [3.8, 4) is 0 Å². The lowest BCUT2D eigenvalue weighted by molar-refractivity contribution is -0.133. The van der Waals surface area contributed by atoms with Crippen LogP contribution in [0.25, 0.3) is 5.57 Å². The fourth-order valence-corrected chi connectivity index (χ4v) is 1.93. The fraction of sp³-hybridized carbons (Fsp3) is 0.250. The number of hydrogen-bond acceptors (Lipinski definition) is 4. The first-order valence-electron chi connectivity index (χ1n) is 4.69. The zero-order valence-electron chi connectivity index (χ0n) is 9.52. The SMILES string of the molecule is COC=C(C(=O)OC)c1ccccc1SC. The molecule has 0 saturated carbocycles. The Balaban J connectivity index is 3.21. The summed E-state index contributed by atoms with van der Waals surface area (Å²) in [4.78, 5) is 12.6. The van der Waals surface area contributed by atoms with Crippen LogP contribution < -0.4 is 0 Å². The van der Waals surface area contributed by atoms with Crippen molar-refractivity contribution >= 4 is 23.3 Å². The topological polar surface area (TPSA) is 35.5 Å². The predicted molar refractivity (Wildman–Crippen MR) is 65.2 cm³/mol. The first-order valence-corrected chi connectivity index (χ1v) is 5.91. The maximum Gasteiger partial charge on any atom is 0.341 e. The Morgan fingerprint density at radius 3 is 2.56 bits per heavy atom. The van der Waals surface area contributed by atoms with Gasteiger partial charge in [-0.2, -0.15) is 0 Å². The zero-order valence-corrected chi connectivity index (χ0v) is 10.3. The molecule has 0 saturated heterocycles. The quantitative estimate of drug-likeness (QED) is 0.349. The van der Waals surface area contributed by atoms with Gasteiger partial charge in [-0.25, -0.2) is 4.79 Å². The molecule has 0 atom stereocenters. The van der Waals surface area contributed by atoms with Crippen molar-refractivity contribution in [2.24, 2.45) is 0 Å². The van der Waals surface area contributed by atoms with Crippen LogP contribution in [0.1, 0.15) is 5.56 Å². The standard InChI is InChI=1S/C12H14O3S/c1-14-8-10(12(13)15-2)9-6-4-5-7-11(9)16-3/h4-8H,1-3H3. The lowest BCUT2D eigenvalue weighted by atomic mass is 10.1. The van der Waals surface area contributed by atoms with Gasteiger partial charge in [0.1, 0.15) is 5.57 Å². The maximum absolute atomic E-state index is 11.6. The highest BCUT2D eigenvalue weighted by atomic mass is 32.2. The number of thioether (sulfide) groups is 1. The molecule has 0 spiro atoms. The van der Waals surface area contributed by atoms with Crippen molar-refractivity contribution in [2.75, 3.05) is 20.5 Å². The third kappa shape index (κ3) is 2.79. The Bertz CT molecular complexity index is 399. The number of carbonyl (C=O) groups excluding carboxylic acids is 1. The molecular weight excluding hydrogens is 224 g/mol. The van der Waals surface area contributed by atoms with Gasteiger partial charge in [-0.05, 0) is 12.3 Å². The van der Waals surface area contributed by atoms with E-state index in [0.29, 0.717) is 5.57 Å². The van der Waals surface area contributed by atoms with Gasteiger partial charge in [0.15, 0.2) is 0 Å². The average Bonchev–Trinajstić information content (AvgIpc) is 2.35. The molecule has 0 aromatic heterocycles. The third-order valence-electron chi connectivity index (χ3n) is 2.04. The van der Waals surface area contributed by atoms with E-state index in [2.05, 4.69) is 0 Å². The number of esters is 1. The number of benzene rings is 1. The number of ether oxygens (including phenoxy) is 2. The van der Waals surface area contributed by atoms with E-state index in [1.807, 2.05) is 30.5 Å². The summed E-state index contributed by atoms with van der Waals surface area (Å²) >= 11 is 1.57. The lowest BCUT2D eigenvalue weighted by Crippen LogP contribution is -2.05. The van der Waals surface area contributed by atoms with Gasteiger partial charge >= 0.3 is 5.97 Å². The van der Waals surface area contributed by atoms with Crippen LogP contribution in [0.5, 0.6) is 0 Å². The van der Waals surface area contributed by atoms with Crippen LogP contribution in [0.4, 0.5) is 0 Å². The highest BCUT2D eigenvalue weighted by Gasteiger charge is 2.15. The summed E-state index contributed by atoms with van der Waals surface area (Å²) in [5, 5.41) is 0. The first-order chi connectivity index (χ1) is 7.74. The van der Waals surface area contributed by atoms with Crippen LogP contribution >= 0.6 is 11.8 Å². The molecule has 0 aliphatic heterocycles. The minimum atomic E-state index is -0.400. The van der Waals surface area contributed by atoms with Gasteiger partial charge in [-0.3, -0.25) is 0 Å². The molecule has 0 unspecified atom stereocenters. The summed E-state index contributed by atoms with van der Waals surface area (Å²) in [7, 11) is 2.86. The van der Waals surface area contributed by atoms with E-state index in [1.165, 1.54) is 20.5 Å². The highest BCUT2D eigenvalue weighted by Crippen LogP contribution is 2.27. The fourth-order valence-electron chi connectivity index (χ4n) is 1.32. The molecule has 0 N–H and O–H groups in total. The zero-order chi connectivity index (χ0) is 12.0. The molecule has 16 heavy (non-hydrogen) atoms. The van der Waals surface area contributed by atoms with Gasteiger partial charge in [-0.1, -0.05) is 18.2 Å². The van der Waals surface area contributed by atoms with Crippen LogP contribution in [-0.2, 0) is 14.3 Å². The highest BCUT2D eigenvalue weighted by molar-refractivity contribution is 7.98. The van der Waals surface area contributed by atoms with E-state index in [9.17, 15) is 4.79 Å². The molecule has 4 heteroatoms. The molecular formula is C12H14O3S. The van der Waals surface area contributed by atoms with Gasteiger partial charge in [0.25, 0.3) is 0 Å². The van der Waals surface area contributed by atoms with Crippen molar-refractivity contribution < 1.29 is 14.3 Å². The van der Waals surface area contributed by atoms with Gasteiger partial charge in [-0.15, -0.1) is 11.8 Å². The first kappa shape index (κ1) is 12.6. The summed E-state index contributed by atoms with van der Waals surface area (Å²) in [5.74, 6) is -0.400. The monoisotopic (exact) mass is 238 g/mol. The van der Waals surface area contributed by atoms with Gasteiger partial charge in [0, 0.05) is 10.5 Å². The number of methoxy groups -OCH3 is 2. The van der Waals surface area contributed by atoms with Crippen molar-refractivity contribution in [3.63, 3.8) is 0 Å². The Morgan fingerprint density at radius 2 is 2.00 bits per heavy atom. The molecule has 0 heterocycles. The molecule has 1 rings (SSSR count). The van der Waals surface area contributed by atoms with Gasteiger partial charge in [0.2, 0.25) is 0 Å². The summed E-state index contributed by atoms with van der Waals surface area (Å²) < 4.78 is 9.63. The molecule has 0 aliphatic rings. The minimum absolute atomic E-state index is 0.400. The summed E-state index contributed by atoms with van der Waals surface area (Å²) in [6, 6.07) is 7.62. The third-order valence-corrected chi connectivity index (χ3v) is 2.83. The molecule has 0 fully saturated rings. The van der Waals surface area contributed by atoms with Crippen molar-refractivity contribution in [1.82, 2.24) is 0 Å². The van der Waals surface area contributed by atoms with Crippen LogP contribution in [0, 0.1) is 0 Å². The second kappa shape index (κ2) is 6.23. The molecule has 1 aromatic rings. The van der Waals surface area contributed by atoms with Crippen molar-refractivity contribution in [2.45, 2.75) is 4.90 Å². The lowest BCUT2D eigenvalue weighted by Gasteiger charge is -2.09. The molecule has 0 bridgehead atoms. The molecule has 86 valence electrons. The van der Waals surface area contributed by atoms with Gasteiger partial charge < -0.3 is 9.47 Å². The van der Waals surface area contributed by atoms with Crippen molar-refractivity contribution in [3.05, 3.63) is 36.1 Å². The summed E-state index contributed by atoms with van der Waals surface area (Å²) in [6.07, 6.45) is 3.36. The Morgan fingerprint density at radius 1 is 1.31 bits per heavy atom. The molecule has 0 radical (unpaired) electrons. The van der Waals surface area contributed by atoms with Crippen LogP contribution in [0.2, 0.25) is 0 Å². The maximum atomic E-state index is 11.6. The smallest absolute Gasteiger partial charge is 0.341 e. The Kier molecular flexibility index (Phi) is 4.92. The molecule has 3 nitrogen and oxygen atoms in total. The van der Waals surface area contributed by atoms with E-state index in [1.54, 1.807) is 11.8 Å². The van der Waals surface area contributed by atoms with Crippen LogP contribution in [-0.4, -0.2) is 26.4 Å². The predicted octanol–water partition coefficient (Wildman–Crippen LogP) is 2.57. The second-order valence-corrected chi connectivity index (χ2v) is 3.81. The summed E-state index contributed by atoms with van der Waals surface area (Å²) in [5.41, 5.74) is 1.25. The van der Waals surface area contributed by atoms with E-state index >= 15 is 0 Å². The van der Waals surface area contributed by atoms with E-state index in [-0.39, 0.29) is 0 Å². The molecule has 1 aromatic carbocycles. The Labute approximate surface area is 99.4 Å². The van der Waals surface area contributed by atoms with Gasteiger partial charge in [0.05, 0.1) is 20.5 Å². The number of carbonyl (C=O) groups is 1. The van der Waals surface area contributed by atoms with Crippen LogP contribution in [0.15, 0.2) is 35.4 Å². The van der Waals surface area contributed by atoms with E-state index in [4.69, 9.17) is 9.47 Å². The largest absolute Gasteiger partial charge is 0.503 e. The number of hydrogen-bond donors (Lipinski definition) is 0. The van der Waals surface area contributed by atoms with Crippen LogP contribution in [0.3, 0.4) is 0 Å². The molecule has 0 aliphatic carbocycles.